The highest BCUT2D eigenvalue weighted by molar-refractivity contribution is 7.94. The molecule has 1 aromatic rings. The first-order valence-electron chi connectivity index (χ1n) is 11.1. The zero-order valence-electron chi connectivity index (χ0n) is 20.2. The van der Waals surface area contributed by atoms with Crippen molar-refractivity contribution in [2.24, 2.45) is 4.99 Å². The van der Waals surface area contributed by atoms with Crippen molar-refractivity contribution in [3.8, 4) is 0 Å². The number of methoxy groups -OCH3 is 1. The molecule has 0 bridgehead atoms. The number of allylic oxidation sites excluding steroid dienone is 3. The van der Waals surface area contributed by atoms with Gasteiger partial charge in [0.2, 0.25) is 0 Å². The minimum absolute atomic E-state index is 0.104. The van der Waals surface area contributed by atoms with Crippen LogP contribution in [0.1, 0.15) is 38.3 Å². The maximum absolute atomic E-state index is 12.5. The molecule has 0 amide bonds. The Bertz CT molecular complexity index is 955. The predicted molar refractivity (Wildman–Crippen MR) is 132 cm³/mol. The van der Waals surface area contributed by atoms with Crippen LogP contribution in [-0.4, -0.2) is 76.2 Å². The lowest BCUT2D eigenvalue weighted by atomic mass is 10.1. The van der Waals surface area contributed by atoms with Crippen molar-refractivity contribution in [3.63, 3.8) is 0 Å². The Morgan fingerprint density at radius 1 is 1.30 bits per heavy atom. The quantitative estimate of drug-likeness (QED) is 0.194. The van der Waals surface area contributed by atoms with Gasteiger partial charge in [0.05, 0.1) is 31.3 Å². The van der Waals surface area contributed by atoms with E-state index in [2.05, 4.69) is 10.3 Å². The number of sulfone groups is 1. The average Bonchev–Trinajstić information content (AvgIpc) is 3.31. The molecule has 2 unspecified atom stereocenters. The number of likely N-dealkylation sites (N-methyl/N-ethyl adjacent to an activating group) is 1. The van der Waals surface area contributed by atoms with Gasteiger partial charge in [-0.3, -0.25) is 9.89 Å². The number of rotatable bonds is 13. The topological polar surface area (TPSA) is 100 Å². The third kappa shape index (κ3) is 8.92. The van der Waals surface area contributed by atoms with Gasteiger partial charge in [-0.1, -0.05) is 24.3 Å². The van der Waals surface area contributed by atoms with Gasteiger partial charge in [-0.05, 0) is 51.5 Å². The summed E-state index contributed by atoms with van der Waals surface area (Å²) in [5, 5.41) is 14.3. The highest BCUT2D eigenvalue weighted by Crippen LogP contribution is 2.14. The van der Waals surface area contributed by atoms with Crippen LogP contribution in [0, 0.1) is 0 Å². The van der Waals surface area contributed by atoms with Gasteiger partial charge >= 0.3 is 0 Å². The van der Waals surface area contributed by atoms with Crippen molar-refractivity contribution < 1.29 is 23.0 Å². The fraction of sp³-hybridized carbons (Fsp3) is 0.542. The number of aliphatic hydroxyl groups excluding tert-OH is 1. The van der Waals surface area contributed by atoms with E-state index in [1.54, 1.807) is 38.9 Å². The molecule has 1 aliphatic rings. The molecule has 0 aliphatic carbocycles. The molecule has 8 nitrogen and oxygen atoms in total. The van der Waals surface area contributed by atoms with E-state index in [0.29, 0.717) is 24.3 Å². The first-order valence-corrected chi connectivity index (χ1v) is 12.7. The van der Waals surface area contributed by atoms with E-state index in [0.717, 1.165) is 30.1 Å². The molecule has 33 heavy (non-hydrogen) atoms. The molecular weight excluding hydrogens is 442 g/mol. The molecular formula is C24H37N3O5S. The Balaban J connectivity index is 1.75. The summed E-state index contributed by atoms with van der Waals surface area (Å²) in [5.74, 6) is 1.57. The molecule has 0 fully saturated rings. The molecule has 1 aliphatic heterocycles. The average molecular weight is 480 g/mol. The largest absolute Gasteiger partial charge is 0.501 e. The van der Waals surface area contributed by atoms with Crippen LogP contribution in [0.3, 0.4) is 0 Å². The maximum Gasteiger partial charge on any atom is 0.174 e. The van der Waals surface area contributed by atoms with Crippen molar-refractivity contribution in [2.75, 3.05) is 40.5 Å². The maximum atomic E-state index is 12.5. The molecule has 0 saturated heterocycles. The molecule has 2 atom stereocenters. The molecule has 184 valence electrons. The van der Waals surface area contributed by atoms with Gasteiger partial charge in [0, 0.05) is 30.7 Å². The van der Waals surface area contributed by atoms with Crippen molar-refractivity contribution in [2.45, 2.75) is 45.2 Å². The zero-order chi connectivity index (χ0) is 24.4. The Morgan fingerprint density at radius 2 is 2.00 bits per heavy atom. The van der Waals surface area contributed by atoms with E-state index in [4.69, 9.17) is 9.47 Å². The Labute approximate surface area is 197 Å². The van der Waals surface area contributed by atoms with E-state index in [1.807, 2.05) is 31.3 Å². The number of amidine groups is 1. The minimum atomic E-state index is -3.41. The molecule has 9 heteroatoms. The highest BCUT2D eigenvalue weighted by atomic mass is 32.2. The van der Waals surface area contributed by atoms with Gasteiger partial charge in [0.15, 0.2) is 9.84 Å². The summed E-state index contributed by atoms with van der Waals surface area (Å²) in [6.07, 6.45) is 1.23. The zero-order valence-corrected chi connectivity index (χ0v) is 21.1. The molecule has 0 radical (unpaired) electrons. The van der Waals surface area contributed by atoms with Crippen LogP contribution >= 0.6 is 0 Å². The summed E-state index contributed by atoms with van der Waals surface area (Å²) < 4.78 is 35.6. The van der Waals surface area contributed by atoms with Gasteiger partial charge < -0.3 is 19.9 Å². The van der Waals surface area contributed by atoms with E-state index < -0.39 is 21.3 Å². The number of hydrogen-bond donors (Lipinski definition) is 2. The van der Waals surface area contributed by atoms with Gasteiger partial charge in [-0.15, -0.1) is 0 Å². The van der Waals surface area contributed by atoms with E-state index in [9.17, 15) is 13.5 Å². The van der Waals surface area contributed by atoms with Crippen LogP contribution in [-0.2, 0) is 25.9 Å². The number of ether oxygens (including phenoxy) is 2. The van der Waals surface area contributed by atoms with E-state index in [-0.39, 0.29) is 13.2 Å². The number of aliphatic hydroxyl groups is 1. The van der Waals surface area contributed by atoms with Crippen molar-refractivity contribution in [3.05, 3.63) is 58.2 Å². The monoisotopic (exact) mass is 479 g/mol. The van der Waals surface area contributed by atoms with Crippen LogP contribution in [0.4, 0.5) is 0 Å². The lowest BCUT2D eigenvalue weighted by Crippen LogP contribution is -2.35. The fourth-order valence-electron chi connectivity index (χ4n) is 3.27. The summed E-state index contributed by atoms with van der Waals surface area (Å²) in [4.78, 5) is 6.20. The minimum Gasteiger partial charge on any atom is -0.501 e. The number of nitrogens with zero attached hydrogens (tertiary/aromatic N) is 2. The normalized spacial score (nSPS) is 17.0. The number of nitrogens with one attached hydrogen (secondary N) is 1. The van der Waals surface area contributed by atoms with Crippen LogP contribution in [0.25, 0.3) is 0 Å². The van der Waals surface area contributed by atoms with Gasteiger partial charge in [0.25, 0.3) is 0 Å². The first-order chi connectivity index (χ1) is 15.6. The molecule has 2 N–H and O–H groups in total. The molecule has 0 saturated carbocycles. The SMILES string of the molecule is CO/C(C)=C/C(C)=C/S(=O)(=O)C(C)CCOCC(O)N(C)Cc1ccc(C2=NCCN2)cc1. The molecule has 2 rings (SSSR count). The van der Waals surface area contributed by atoms with Gasteiger partial charge in [0.1, 0.15) is 12.1 Å². The summed E-state index contributed by atoms with van der Waals surface area (Å²) >= 11 is 0. The third-order valence-corrected chi connectivity index (χ3v) is 7.50. The fourth-order valence-corrected chi connectivity index (χ4v) is 4.51. The second kappa shape index (κ2) is 12.9. The summed E-state index contributed by atoms with van der Waals surface area (Å²) in [6.45, 7) is 7.74. The van der Waals surface area contributed by atoms with Gasteiger partial charge in [-0.2, -0.15) is 0 Å². The number of benzene rings is 1. The van der Waals surface area contributed by atoms with E-state index in [1.165, 1.54) is 5.41 Å². The molecule has 0 aromatic heterocycles. The molecule has 1 heterocycles. The van der Waals surface area contributed by atoms with Crippen LogP contribution in [0.2, 0.25) is 0 Å². The summed E-state index contributed by atoms with van der Waals surface area (Å²) in [5.41, 5.74) is 2.74. The second-order valence-corrected chi connectivity index (χ2v) is 10.6. The second-order valence-electron chi connectivity index (χ2n) is 8.33. The Kier molecular flexibility index (Phi) is 10.6. The highest BCUT2D eigenvalue weighted by Gasteiger charge is 2.19. The predicted octanol–water partition coefficient (Wildman–Crippen LogP) is 2.45. The van der Waals surface area contributed by atoms with Crippen molar-refractivity contribution >= 4 is 15.7 Å². The van der Waals surface area contributed by atoms with Crippen LogP contribution < -0.4 is 5.32 Å². The standard InChI is InChI=1S/C24H37N3O5S/c1-18(14-19(2)31-5)17-33(29,30)20(3)10-13-32-16-23(28)27(4)15-21-6-8-22(9-7-21)24-25-11-12-26-24/h6-9,14,17,20,23,28H,10-13,15-16H2,1-5H3,(H,25,26)/b18-17+,19-14+. The number of hydrogen-bond acceptors (Lipinski definition) is 8. The summed E-state index contributed by atoms with van der Waals surface area (Å²) in [7, 11) is -0.0474. The summed E-state index contributed by atoms with van der Waals surface area (Å²) in [6, 6.07) is 8.09. The van der Waals surface area contributed by atoms with E-state index >= 15 is 0 Å². The lowest BCUT2D eigenvalue weighted by molar-refractivity contribution is -0.0510. The number of aliphatic imine (C=N–C) groups is 1. The molecule has 1 aromatic carbocycles. The Morgan fingerprint density at radius 3 is 2.61 bits per heavy atom. The third-order valence-electron chi connectivity index (χ3n) is 5.44. The van der Waals surface area contributed by atoms with Crippen molar-refractivity contribution in [1.29, 1.82) is 0 Å². The van der Waals surface area contributed by atoms with Crippen LogP contribution in [0.15, 0.2) is 52.1 Å². The van der Waals surface area contributed by atoms with Gasteiger partial charge in [-0.25, -0.2) is 8.42 Å². The Hall–Kier alpha value is -2.20. The van der Waals surface area contributed by atoms with Crippen molar-refractivity contribution in [1.82, 2.24) is 10.2 Å². The smallest absolute Gasteiger partial charge is 0.174 e. The lowest BCUT2D eigenvalue weighted by Gasteiger charge is -2.23. The van der Waals surface area contributed by atoms with Crippen LogP contribution in [0.5, 0.6) is 0 Å². The molecule has 0 spiro atoms. The first kappa shape index (κ1) is 27.0.